The van der Waals surface area contributed by atoms with Crippen molar-refractivity contribution in [3.63, 3.8) is 0 Å². The Balaban J connectivity index is 2.07. The highest BCUT2D eigenvalue weighted by molar-refractivity contribution is 5.95. The molecule has 0 atom stereocenters. The molecular formula is C13H15N3O. The zero-order valence-electron chi connectivity index (χ0n) is 9.95. The maximum Gasteiger partial charge on any atom is 0.251 e. The molecule has 4 nitrogen and oxygen atoms in total. The zero-order chi connectivity index (χ0) is 12.3. The van der Waals surface area contributed by atoms with Gasteiger partial charge in [-0.05, 0) is 25.5 Å². The van der Waals surface area contributed by atoms with Gasteiger partial charge in [0.2, 0.25) is 0 Å². The van der Waals surface area contributed by atoms with Crippen molar-refractivity contribution in [3.05, 3.63) is 53.1 Å². The predicted octanol–water partition coefficient (Wildman–Crippen LogP) is 1.96. The van der Waals surface area contributed by atoms with Crippen LogP contribution in [0.15, 0.2) is 30.6 Å². The van der Waals surface area contributed by atoms with Gasteiger partial charge in [0.05, 0.1) is 6.54 Å². The summed E-state index contributed by atoms with van der Waals surface area (Å²) in [6.07, 6.45) is 3.40. The monoisotopic (exact) mass is 229 g/mol. The van der Waals surface area contributed by atoms with E-state index in [2.05, 4.69) is 15.3 Å². The van der Waals surface area contributed by atoms with Gasteiger partial charge in [-0.1, -0.05) is 17.7 Å². The number of benzene rings is 1. The minimum Gasteiger partial charge on any atom is -0.347 e. The summed E-state index contributed by atoms with van der Waals surface area (Å²) in [7, 11) is 0. The van der Waals surface area contributed by atoms with Crippen LogP contribution in [-0.2, 0) is 6.54 Å². The van der Waals surface area contributed by atoms with Crippen LogP contribution in [0, 0.1) is 13.8 Å². The SMILES string of the molecule is Cc1ccc(C)c(C(=O)NCc2ncc[nH]2)c1. The minimum absolute atomic E-state index is 0.0670. The predicted molar refractivity (Wildman–Crippen MR) is 65.7 cm³/mol. The van der Waals surface area contributed by atoms with E-state index >= 15 is 0 Å². The Kier molecular flexibility index (Phi) is 3.23. The number of carbonyl (C=O) groups excluding carboxylic acids is 1. The van der Waals surface area contributed by atoms with Gasteiger partial charge >= 0.3 is 0 Å². The summed E-state index contributed by atoms with van der Waals surface area (Å²) in [6, 6.07) is 5.85. The Morgan fingerprint density at radius 1 is 1.41 bits per heavy atom. The quantitative estimate of drug-likeness (QED) is 0.845. The van der Waals surface area contributed by atoms with Crippen molar-refractivity contribution in [2.24, 2.45) is 0 Å². The van der Waals surface area contributed by atoms with Crippen LogP contribution < -0.4 is 5.32 Å². The fourth-order valence-electron chi connectivity index (χ4n) is 1.63. The highest BCUT2D eigenvalue weighted by Crippen LogP contribution is 2.10. The third-order valence-corrected chi connectivity index (χ3v) is 2.61. The first-order valence-corrected chi connectivity index (χ1v) is 5.50. The van der Waals surface area contributed by atoms with E-state index in [0.717, 1.165) is 22.5 Å². The average molecular weight is 229 g/mol. The molecule has 1 aromatic heterocycles. The van der Waals surface area contributed by atoms with Crippen LogP contribution in [0.5, 0.6) is 0 Å². The molecule has 17 heavy (non-hydrogen) atoms. The fourth-order valence-corrected chi connectivity index (χ4v) is 1.63. The molecule has 1 heterocycles. The van der Waals surface area contributed by atoms with E-state index in [1.165, 1.54) is 0 Å². The van der Waals surface area contributed by atoms with Gasteiger partial charge in [0, 0.05) is 18.0 Å². The van der Waals surface area contributed by atoms with Gasteiger partial charge in [-0.25, -0.2) is 4.98 Å². The fraction of sp³-hybridized carbons (Fsp3) is 0.231. The lowest BCUT2D eigenvalue weighted by Gasteiger charge is -2.07. The van der Waals surface area contributed by atoms with Crippen LogP contribution in [0.1, 0.15) is 27.3 Å². The van der Waals surface area contributed by atoms with Gasteiger partial charge in [-0.3, -0.25) is 4.79 Å². The normalized spacial score (nSPS) is 10.2. The van der Waals surface area contributed by atoms with Gasteiger partial charge in [0.25, 0.3) is 5.91 Å². The Hall–Kier alpha value is -2.10. The standard InChI is InChI=1S/C13H15N3O/c1-9-3-4-10(2)11(7-9)13(17)16-8-12-14-5-6-15-12/h3-7H,8H2,1-2H3,(H,14,15)(H,16,17). The van der Waals surface area contributed by atoms with E-state index in [0.29, 0.717) is 6.54 Å². The summed E-state index contributed by atoms with van der Waals surface area (Å²) in [4.78, 5) is 19.0. The molecule has 0 aliphatic carbocycles. The summed E-state index contributed by atoms with van der Waals surface area (Å²) in [5.41, 5.74) is 2.78. The number of imidazole rings is 1. The van der Waals surface area contributed by atoms with Crippen molar-refractivity contribution < 1.29 is 4.79 Å². The van der Waals surface area contributed by atoms with Gasteiger partial charge in [0.1, 0.15) is 5.82 Å². The van der Waals surface area contributed by atoms with Crippen molar-refractivity contribution in [2.75, 3.05) is 0 Å². The van der Waals surface area contributed by atoms with Gasteiger partial charge < -0.3 is 10.3 Å². The molecule has 2 aromatic rings. The van der Waals surface area contributed by atoms with Crippen molar-refractivity contribution >= 4 is 5.91 Å². The number of amides is 1. The summed E-state index contributed by atoms with van der Waals surface area (Å²) < 4.78 is 0. The number of nitrogens with zero attached hydrogens (tertiary/aromatic N) is 1. The average Bonchev–Trinajstić information content (AvgIpc) is 2.82. The lowest BCUT2D eigenvalue weighted by Crippen LogP contribution is -2.24. The molecule has 0 bridgehead atoms. The highest BCUT2D eigenvalue weighted by Gasteiger charge is 2.08. The Labute approximate surface area is 100 Å². The van der Waals surface area contributed by atoms with Crippen molar-refractivity contribution in [3.8, 4) is 0 Å². The second-order valence-electron chi connectivity index (χ2n) is 4.04. The number of hydrogen-bond acceptors (Lipinski definition) is 2. The highest BCUT2D eigenvalue weighted by atomic mass is 16.1. The largest absolute Gasteiger partial charge is 0.347 e. The summed E-state index contributed by atoms with van der Waals surface area (Å²) in [5, 5.41) is 2.84. The number of aryl methyl sites for hydroxylation is 2. The molecule has 1 aromatic carbocycles. The molecule has 0 aliphatic rings. The lowest BCUT2D eigenvalue weighted by atomic mass is 10.1. The van der Waals surface area contributed by atoms with E-state index in [1.807, 2.05) is 32.0 Å². The van der Waals surface area contributed by atoms with Gasteiger partial charge in [0.15, 0.2) is 0 Å². The number of rotatable bonds is 3. The van der Waals surface area contributed by atoms with Crippen LogP contribution in [0.3, 0.4) is 0 Å². The molecule has 1 amide bonds. The minimum atomic E-state index is -0.0670. The van der Waals surface area contributed by atoms with Crippen molar-refractivity contribution in [1.82, 2.24) is 15.3 Å². The number of hydrogen-bond donors (Lipinski definition) is 2. The van der Waals surface area contributed by atoms with E-state index in [-0.39, 0.29) is 5.91 Å². The van der Waals surface area contributed by atoms with E-state index in [9.17, 15) is 4.79 Å². The first kappa shape index (κ1) is 11.4. The van der Waals surface area contributed by atoms with Gasteiger partial charge in [-0.2, -0.15) is 0 Å². The zero-order valence-corrected chi connectivity index (χ0v) is 9.95. The molecular weight excluding hydrogens is 214 g/mol. The Morgan fingerprint density at radius 3 is 2.94 bits per heavy atom. The number of H-pyrrole nitrogens is 1. The van der Waals surface area contributed by atoms with Crippen LogP contribution >= 0.6 is 0 Å². The molecule has 0 aliphatic heterocycles. The van der Waals surface area contributed by atoms with Crippen LogP contribution in [0.4, 0.5) is 0 Å². The first-order valence-electron chi connectivity index (χ1n) is 5.50. The third-order valence-electron chi connectivity index (χ3n) is 2.61. The smallest absolute Gasteiger partial charge is 0.251 e. The Bertz CT molecular complexity index is 517. The van der Waals surface area contributed by atoms with Crippen LogP contribution in [0.2, 0.25) is 0 Å². The molecule has 0 saturated carbocycles. The van der Waals surface area contributed by atoms with E-state index < -0.39 is 0 Å². The second-order valence-corrected chi connectivity index (χ2v) is 4.04. The molecule has 0 unspecified atom stereocenters. The molecule has 2 N–H and O–H groups in total. The summed E-state index contributed by atoms with van der Waals surface area (Å²) in [6.45, 7) is 4.32. The molecule has 0 spiro atoms. The maximum atomic E-state index is 12.0. The number of aromatic amines is 1. The molecule has 2 rings (SSSR count). The lowest BCUT2D eigenvalue weighted by molar-refractivity contribution is 0.0949. The van der Waals surface area contributed by atoms with Crippen LogP contribution in [0.25, 0.3) is 0 Å². The second kappa shape index (κ2) is 4.82. The van der Waals surface area contributed by atoms with Crippen LogP contribution in [-0.4, -0.2) is 15.9 Å². The Morgan fingerprint density at radius 2 is 2.24 bits per heavy atom. The molecule has 88 valence electrons. The number of nitrogens with one attached hydrogen (secondary N) is 2. The molecule has 0 saturated heterocycles. The third kappa shape index (κ3) is 2.72. The van der Waals surface area contributed by atoms with E-state index in [4.69, 9.17) is 0 Å². The molecule has 0 fully saturated rings. The first-order chi connectivity index (χ1) is 8.16. The van der Waals surface area contributed by atoms with Crippen molar-refractivity contribution in [1.29, 1.82) is 0 Å². The molecule has 0 radical (unpaired) electrons. The topological polar surface area (TPSA) is 57.8 Å². The number of aromatic nitrogens is 2. The number of carbonyl (C=O) groups is 1. The van der Waals surface area contributed by atoms with E-state index in [1.54, 1.807) is 12.4 Å². The van der Waals surface area contributed by atoms with Crippen molar-refractivity contribution in [2.45, 2.75) is 20.4 Å². The summed E-state index contributed by atoms with van der Waals surface area (Å²) in [5.74, 6) is 0.686. The maximum absolute atomic E-state index is 12.0. The molecule has 4 heteroatoms. The van der Waals surface area contributed by atoms with Gasteiger partial charge in [-0.15, -0.1) is 0 Å². The summed E-state index contributed by atoms with van der Waals surface area (Å²) >= 11 is 0.